The summed E-state index contributed by atoms with van der Waals surface area (Å²) in [6.45, 7) is 1.82. The van der Waals surface area contributed by atoms with E-state index in [0.29, 0.717) is 18.8 Å². The Labute approximate surface area is 80.7 Å². The summed E-state index contributed by atoms with van der Waals surface area (Å²) in [6, 6.07) is 1.57. The highest BCUT2D eigenvalue weighted by atomic mass is 16.5. The average molecular weight is 194 g/mol. The van der Waals surface area contributed by atoms with Crippen LogP contribution in [-0.2, 0) is 6.42 Å². The fourth-order valence-corrected chi connectivity index (χ4v) is 1.57. The third kappa shape index (κ3) is 1.11. The van der Waals surface area contributed by atoms with E-state index >= 15 is 0 Å². The number of benzene rings is 1. The van der Waals surface area contributed by atoms with Crippen LogP contribution in [0.1, 0.15) is 22.8 Å². The van der Waals surface area contributed by atoms with Crippen LogP contribution in [0, 0.1) is 0 Å². The molecule has 14 heavy (non-hydrogen) atoms. The fourth-order valence-electron chi connectivity index (χ4n) is 1.57. The highest BCUT2D eigenvalue weighted by Crippen LogP contribution is 2.43. The molecule has 0 radical (unpaired) electrons. The molecule has 0 fully saturated rings. The van der Waals surface area contributed by atoms with Gasteiger partial charge in [-0.2, -0.15) is 0 Å². The lowest BCUT2D eigenvalue weighted by Gasteiger charge is -2.07. The van der Waals surface area contributed by atoms with E-state index in [1.165, 1.54) is 6.92 Å². The van der Waals surface area contributed by atoms with E-state index in [2.05, 4.69) is 0 Å². The summed E-state index contributed by atoms with van der Waals surface area (Å²) in [5, 5.41) is 19.0. The predicted octanol–water partition coefficient (Wildman–Crippen LogP) is 1.24. The molecule has 0 atom stereocenters. The second-order valence-electron chi connectivity index (χ2n) is 3.26. The summed E-state index contributed by atoms with van der Waals surface area (Å²) in [7, 11) is 0. The molecule has 0 aliphatic carbocycles. The molecule has 1 aromatic carbocycles. The Bertz CT molecular complexity index is 409. The normalized spacial score (nSPS) is 13.5. The van der Waals surface area contributed by atoms with Gasteiger partial charge in [0.05, 0.1) is 12.2 Å². The lowest BCUT2D eigenvalue weighted by atomic mass is 10.0. The van der Waals surface area contributed by atoms with Gasteiger partial charge in [-0.15, -0.1) is 0 Å². The minimum absolute atomic E-state index is 0.145. The lowest BCUT2D eigenvalue weighted by Crippen LogP contribution is -1.94. The largest absolute Gasteiger partial charge is 0.504 e. The van der Waals surface area contributed by atoms with E-state index in [1.54, 1.807) is 6.07 Å². The minimum Gasteiger partial charge on any atom is -0.504 e. The molecular weight excluding hydrogens is 184 g/mol. The van der Waals surface area contributed by atoms with Gasteiger partial charge in [0.1, 0.15) is 0 Å². The molecule has 4 heteroatoms. The van der Waals surface area contributed by atoms with Crippen molar-refractivity contribution in [2.45, 2.75) is 13.3 Å². The molecule has 1 heterocycles. The molecule has 2 N–H and O–H groups in total. The SMILES string of the molecule is CC(=O)c1cc2c(c(O)c1O)OCC2. The zero-order valence-corrected chi connectivity index (χ0v) is 7.70. The van der Waals surface area contributed by atoms with Crippen molar-refractivity contribution < 1.29 is 19.7 Å². The summed E-state index contributed by atoms with van der Waals surface area (Å²) in [5.74, 6) is -0.691. The Morgan fingerprint density at radius 3 is 2.79 bits per heavy atom. The van der Waals surface area contributed by atoms with Crippen LogP contribution in [0.5, 0.6) is 17.2 Å². The Kier molecular flexibility index (Phi) is 1.84. The van der Waals surface area contributed by atoms with Crippen LogP contribution in [0.2, 0.25) is 0 Å². The number of phenols is 2. The predicted molar refractivity (Wildman–Crippen MR) is 49.0 cm³/mol. The Balaban J connectivity index is 2.67. The minimum atomic E-state index is -0.391. The van der Waals surface area contributed by atoms with E-state index in [-0.39, 0.29) is 17.1 Å². The number of hydrogen-bond donors (Lipinski definition) is 2. The number of fused-ring (bicyclic) bond motifs is 1. The summed E-state index contributed by atoms with van der Waals surface area (Å²) >= 11 is 0. The summed E-state index contributed by atoms with van der Waals surface area (Å²) in [4.78, 5) is 11.1. The third-order valence-corrected chi connectivity index (χ3v) is 2.30. The van der Waals surface area contributed by atoms with Crippen molar-refractivity contribution in [3.63, 3.8) is 0 Å². The number of Topliss-reactive ketones (excluding diaryl/α,β-unsaturated/α-hetero) is 1. The van der Waals surface area contributed by atoms with Gasteiger partial charge in [0.25, 0.3) is 0 Å². The van der Waals surface area contributed by atoms with Crippen LogP contribution in [0.15, 0.2) is 6.07 Å². The summed E-state index contributed by atoms with van der Waals surface area (Å²) < 4.78 is 5.12. The van der Waals surface area contributed by atoms with Crippen molar-refractivity contribution in [2.24, 2.45) is 0 Å². The van der Waals surface area contributed by atoms with Crippen molar-refractivity contribution in [1.29, 1.82) is 0 Å². The van der Waals surface area contributed by atoms with Gasteiger partial charge in [-0.3, -0.25) is 4.79 Å². The monoisotopic (exact) mass is 194 g/mol. The highest BCUT2D eigenvalue weighted by Gasteiger charge is 2.23. The van der Waals surface area contributed by atoms with Gasteiger partial charge in [0, 0.05) is 12.0 Å². The van der Waals surface area contributed by atoms with E-state index in [0.717, 1.165) is 5.56 Å². The first-order valence-corrected chi connectivity index (χ1v) is 4.33. The number of hydrogen-bond acceptors (Lipinski definition) is 4. The molecule has 1 aliphatic rings. The second-order valence-corrected chi connectivity index (χ2v) is 3.26. The van der Waals surface area contributed by atoms with Gasteiger partial charge in [-0.05, 0) is 13.0 Å². The molecule has 0 bridgehead atoms. The number of aromatic hydroxyl groups is 2. The topological polar surface area (TPSA) is 66.8 Å². The number of ether oxygens (including phenoxy) is 1. The lowest BCUT2D eigenvalue weighted by molar-refractivity contribution is 0.101. The van der Waals surface area contributed by atoms with Crippen LogP contribution in [0.3, 0.4) is 0 Å². The van der Waals surface area contributed by atoms with Crippen LogP contribution in [0.25, 0.3) is 0 Å². The molecule has 1 aromatic rings. The van der Waals surface area contributed by atoms with Crippen molar-refractivity contribution in [2.75, 3.05) is 6.61 Å². The zero-order valence-electron chi connectivity index (χ0n) is 7.70. The maximum Gasteiger partial charge on any atom is 0.201 e. The summed E-state index contributed by atoms with van der Waals surface area (Å²) in [6.07, 6.45) is 0.656. The quantitative estimate of drug-likeness (QED) is 0.521. The zero-order chi connectivity index (χ0) is 10.3. The fraction of sp³-hybridized carbons (Fsp3) is 0.300. The van der Waals surface area contributed by atoms with E-state index in [4.69, 9.17) is 4.74 Å². The summed E-state index contributed by atoms with van der Waals surface area (Å²) in [5.41, 5.74) is 0.914. The second kappa shape index (κ2) is 2.90. The number of carbonyl (C=O) groups excluding carboxylic acids is 1. The Hall–Kier alpha value is -1.71. The molecule has 0 saturated heterocycles. The number of carbonyl (C=O) groups is 1. The molecule has 74 valence electrons. The van der Waals surface area contributed by atoms with Crippen molar-refractivity contribution in [1.82, 2.24) is 0 Å². The molecule has 0 unspecified atom stereocenters. The Morgan fingerprint density at radius 1 is 1.43 bits per heavy atom. The molecule has 2 rings (SSSR count). The van der Waals surface area contributed by atoms with Crippen LogP contribution in [-0.4, -0.2) is 22.6 Å². The third-order valence-electron chi connectivity index (χ3n) is 2.30. The number of ketones is 1. The van der Waals surface area contributed by atoms with E-state index in [1.807, 2.05) is 0 Å². The molecule has 0 saturated carbocycles. The number of phenolic OH excluding ortho intramolecular Hbond substituents is 2. The van der Waals surface area contributed by atoms with E-state index in [9.17, 15) is 15.0 Å². The first-order chi connectivity index (χ1) is 6.61. The van der Waals surface area contributed by atoms with Gasteiger partial charge < -0.3 is 14.9 Å². The van der Waals surface area contributed by atoms with E-state index < -0.39 is 5.75 Å². The maximum atomic E-state index is 11.1. The standard InChI is InChI=1S/C10H10O4/c1-5(11)7-4-6-2-3-14-10(6)9(13)8(7)12/h4,12-13H,2-3H2,1H3. The first-order valence-electron chi connectivity index (χ1n) is 4.33. The van der Waals surface area contributed by atoms with Gasteiger partial charge in [-0.25, -0.2) is 0 Å². The Morgan fingerprint density at radius 2 is 2.14 bits per heavy atom. The molecular formula is C10H10O4. The van der Waals surface area contributed by atoms with Crippen molar-refractivity contribution >= 4 is 5.78 Å². The van der Waals surface area contributed by atoms with Crippen molar-refractivity contribution in [3.05, 3.63) is 17.2 Å². The molecule has 0 aromatic heterocycles. The van der Waals surface area contributed by atoms with Gasteiger partial charge in [-0.1, -0.05) is 0 Å². The van der Waals surface area contributed by atoms with Crippen LogP contribution < -0.4 is 4.74 Å². The van der Waals surface area contributed by atoms with Crippen LogP contribution >= 0.6 is 0 Å². The average Bonchev–Trinajstić information content (AvgIpc) is 2.58. The van der Waals surface area contributed by atoms with Crippen molar-refractivity contribution in [3.8, 4) is 17.2 Å². The maximum absolute atomic E-state index is 11.1. The highest BCUT2D eigenvalue weighted by molar-refractivity contribution is 5.98. The van der Waals surface area contributed by atoms with Gasteiger partial charge in [0.15, 0.2) is 17.3 Å². The molecule has 1 aliphatic heterocycles. The van der Waals surface area contributed by atoms with Crippen LogP contribution in [0.4, 0.5) is 0 Å². The smallest absolute Gasteiger partial charge is 0.201 e. The van der Waals surface area contributed by atoms with Gasteiger partial charge in [0.2, 0.25) is 5.75 Å². The molecule has 0 amide bonds. The van der Waals surface area contributed by atoms with Gasteiger partial charge >= 0.3 is 0 Å². The molecule has 4 nitrogen and oxygen atoms in total. The molecule has 0 spiro atoms. The number of rotatable bonds is 1. The first kappa shape index (κ1) is 8.87.